The molecule has 21 heavy (non-hydrogen) atoms. The molecular formula is C14H14ClN5O. The van der Waals surface area contributed by atoms with Crippen LogP contribution in [0.15, 0.2) is 30.6 Å². The minimum Gasteiger partial charge on any atom is -0.382 e. The van der Waals surface area contributed by atoms with Crippen molar-refractivity contribution in [1.29, 1.82) is 0 Å². The van der Waals surface area contributed by atoms with Crippen molar-refractivity contribution in [3.63, 3.8) is 0 Å². The first-order chi connectivity index (χ1) is 10.2. The van der Waals surface area contributed by atoms with Crippen molar-refractivity contribution in [3.05, 3.63) is 41.2 Å². The van der Waals surface area contributed by atoms with E-state index in [9.17, 15) is 4.79 Å². The highest BCUT2D eigenvalue weighted by Crippen LogP contribution is 2.28. The first kappa shape index (κ1) is 13.6. The molecule has 2 heterocycles. The molecule has 0 unspecified atom stereocenters. The minimum absolute atomic E-state index is 0.0341. The van der Waals surface area contributed by atoms with E-state index in [0.29, 0.717) is 12.4 Å². The van der Waals surface area contributed by atoms with Crippen molar-refractivity contribution in [1.82, 2.24) is 9.97 Å². The predicted octanol–water partition coefficient (Wildman–Crippen LogP) is 1.71. The fourth-order valence-electron chi connectivity index (χ4n) is 2.36. The zero-order valence-electron chi connectivity index (χ0n) is 11.2. The molecule has 2 aromatic rings. The van der Waals surface area contributed by atoms with Crippen LogP contribution in [-0.2, 0) is 11.2 Å². The number of rotatable bonds is 3. The molecule has 1 aromatic carbocycles. The van der Waals surface area contributed by atoms with Crippen molar-refractivity contribution < 1.29 is 4.79 Å². The van der Waals surface area contributed by atoms with Gasteiger partial charge in [-0.15, -0.1) is 0 Å². The summed E-state index contributed by atoms with van der Waals surface area (Å²) in [7, 11) is 0. The first-order valence-electron chi connectivity index (χ1n) is 6.55. The first-order valence-corrected chi connectivity index (χ1v) is 6.92. The molecule has 3 N–H and O–H groups in total. The number of benzene rings is 1. The second-order valence-electron chi connectivity index (χ2n) is 4.70. The van der Waals surface area contributed by atoms with Gasteiger partial charge in [0, 0.05) is 12.2 Å². The van der Waals surface area contributed by atoms with Crippen molar-refractivity contribution in [2.45, 2.75) is 6.42 Å². The van der Waals surface area contributed by atoms with Crippen LogP contribution in [0, 0.1) is 0 Å². The van der Waals surface area contributed by atoms with Gasteiger partial charge < -0.3 is 16.0 Å². The number of carbonyl (C=O) groups excluding carboxylic acids is 1. The van der Waals surface area contributed by atoms with Crippen LogP contribution in [0.3, 0.4) is 0 Å². The quantitative estimate of drug-likeness (QED) is 0.902. The van der Waals surface area contributed by atoms with Crippen molar-refractivity contribution in [2.75, 3.05) is 29.0 Å². The molecule has 0 radical (unpaired) electrons. The number of hydrogen-bond acceptors (Lipinski definition) is 5. The van der Waals surface area contributed by atoms with Gasteiger partial charge in [0.1, 0.15) is 17.2 Å². The topological polar surface area (TPSA) is 84.1 Å². The maximum Gasteiger partial charge on any atom is 0.246 e. The summed E-state index contributed by atoms with van der Waals surface area (Å²) >= 11 is 5.98. The largest absolute Gasteiger partial charge is 0.382 e. The van der Waals surface area contributed by atoms with Gasteiger partial charge in [0.15, 0.2) is 5.82 Å². The molecule has 7 heteroatoms. The summed E-state index contributed by atoms with van der Waals surface area (Å²) in [5, 5.41) is 3.14. The maximum atomic E-state index is 12.3. The summed E-state index contributed by atoms with van der Waals surface area (Å²) < 4.78 is 0. The van der Waals surface area contributed by atoms with Gasteiger partial charge in [-0.05, 0) is 18.1 Å². The summed E-state index contributed by atoms with van der Waals surface area (Å²) in [6.07, 6.45) is 2.18. The van der Waals surface area contributed by atoms with Crippen LogP contribution >= 0.6 is 11.6 Å². The summed E-state index contributed by atoms with van der Waals surface area (Å²) in [5.74, 6) is 0.520. The molecule has 0 spiro atoms. The van der Waals surface area contributed by atoms with Gasteiger partial charge in [-0.2, -0.15) is 0 Å². The van der Waals surface area contributed by atoms with E-state index in [1.807, 2.05) is 24.3 Å². The smallest absolute Gasteiger partial charge is 0.246 e. The lowest BCUT2D eigenvalue weighted by Gasteiger charge is -2.18. The maximum absolute atomic E-state index is 12.3. The molecule has 1 aliphatic heterocycles. The molecule has 0 fully saturated rings. The Bertz CT molecular complexity index is 691. The molecular weight excluding hydrogens is 290 g/mol. The lowest BCUT2D eigenvalue weighted by Crippen LogP contribution is -2.34. The fourth-order valence-corrected chi connectivity index (χ4v) is 2.52. The molecule has 0 aliphatic carbocycles. The molecule has 0 atom stereocenters. The Balaban J connectivity index is 1.69. The Morgan fingerprint density at radius 1 is 1.38 bits per heavy atom. The number of nitrogens with two attached hydrogens (primary N) is 1. The third kappa shape index (κ3) is 2.62. The number of para-hydroxylation sites is 1. The van der Waals surface area contributed by atoms with E-state index < -0.39 is 0 Å². The molecule has 0 saturated carbocycles. The Labute approximate surface area is 126 Å². The van der Waals surface area contributed by atoms with Crippen LogP contribution < -0.4 is 16.0 Å². The summed E-state index contributed by atoms with van der Waals surface area (Å²) in [6, 6.07) is 7.91. The third-order valence-corrected chi connectivity index (χ3v) is 3.78. The highest BCUT2D eigenvalue weighted by Gasteiger charge is 2.23. The van der Waals surface area contributed by atoms with Gasteiger partial charge in [-0.1, -0.05) is 29.8 Å². The second kappa shape index (κ2) is 5.57. The van der Waals surface area contributed by atoms with Crippen LogP contribution in [-0.4, -0.2) is 29.0 Å². The van der Waals surface area contributed by atoms with Crippen LogP contribution in [0.5, 0.6) is 0 Å². The third-order valence-electron chi connectivity index (χ3n) is 3.41. The summed E-state index contributed by atoms with van der Waals surface area (Å²) in [5.41, 5.74) is 7.75. The SMILES string of the molecule is Nc1ncnc(NCC(=O)N2CCc3ccccc32)c1Cl. The molecule has 1 aromatic heterocycles. The van der Waals surface area contributed by atoms with Crippen LogP contribution in [0.1, 0.15) is 5.56 Å². The molecule has 1 amide bonds. The average Bonchev–Trinajstić information content (AvgIpc) is 2.92. The van der Waals surface area contributed by atoms with Crippen molar-refractivity contribution >= 4 is 34.8 Å². The zero-order chi connectivity index (χ0) is 14.8. The summed E-state index contributed by atoms with van der Waals surface area (Å²) in [6.45, 7) is 0.796. The van der Waals surface area contributed by atoms with Crippen LogP contribution in [0.2, 0.25) is 5.02 Å². The number of hydrogen-bond donors (Lipinski definition) is 2. The minimum atomic E-state index is -0.0341. The molecule has 0 saturated heterocycles. The number of nitrogen functional groups attached to an aromatic ring is 1. The van der Waals surface area contributed by atoms with Gasteiger partial charge in [-0.25, -0.2) is 9.97 Å². The average molecular weight is 304 g/mol. The zero-order valence-corrected chi connectivity index (χ0v) is 12.0. The van der Waals surface area contributed by atoms with E-state index in [1.54, 1.807) is 4.90 Å². The van der Waals surface area contributed by atoms with Crippen molar-refractivity contribution in [2.24, 2.45) is 0 Å². The van der Waals surface area contributed by atoms with Gasteiger partial charge in [-0.3, -0.25) is 4.79 Å². The van der Waals surface area contributed by atoms with Crippen LogP contribution in [0.25, 0.3) is 0 Å². The second-order valence-corrected chi connectivity index (χ2v) is 5.08. The lowest BCUT2D eigenvalue weighted by molar-refractivity contribution is -0.116. The Hall–Kier alpha value is -2.34. The molecule has 108 valence electrons. The van der Waals surface area contributed by atoms with Crippen LogP contribution in [0.4, 0.5) is 17.3 Å². The van der Waals surface area contributed by atoms with E-state index in [1.165, 1.54) is 11.9 Å². The van der Waals surface area contributed by atoms with E-state index in [4.69, 9.17) is 17.3 Å². The number of halogens is 1. The number of nitrogens with zero attached hydrogens (tertiary/aromatic N) is 3. The Morgan fingerprint density at radius 3 is 3.05 bits per heavy atom. The standard InChI is InChI=1S/C14H14ClN5O/c15-12-13(16)18-8-19-14(12)17-7-11(21)20-6-5-9-3-1-2-4-10(9)20/h1-4,8H,5-7H2,(H3,16,17,18,19). The van der Waals surface area contributed by atoms with Crippen molar-refractivity contribution in [3.8, 4) is 0 Å². The molecule has 0 bridgehead atoms. The normalized spacial score (nSPS) is 13.1. The fraction of sp³-hybridized carbons (Fsp3) is 0.214. The number of fused-ring (bicyclic) bond motifs is 1. The van der Waals surface area contributed by atoms with E-state index in [-0.39, 0.29) is 23.3 Å². The Morgan fingerprint density at radius 2 is 2.19 bits per heavy atom. The van der Waals surface area contributed by atoms with Gasteiger partial charge >= 0.3 is 0 Å². The molecule has 3 rings (SSSR count). The van der Waals surface area contributed by atoms with Gasteiger partial charge in [0.25, 0.3) is 0 Å². The van der Waals surface area contributed by atoms with Gasteiger partial charge in [0.05, 0.1) is 6.54 Å². The number of nitrogens with one attached hydrogen (secondary N) is 1. The van der Waals surface area contributed by atoms with E-state index >= 15 is 0 Å². The highest BCUT2D eigenvalue weighted by atomic mass is 35.5. The monoisotopic (exact) mass is 303 g/mol. The molecule has 1 aliphatic rings. The number of carbonyl (C=O) groups is 1. The molecule has 6 nitrogen and oxygen atoms in total. The van der Waals surface area contributed by atoms with Gasteiger partial charge in [0.2, 0.25) is 5.91 Å². The number of anilines is 3. The highest BCUT2D eigenvalue weighted by molar-refractivity contribution is 6.35. The number of aromatic nitrogens is 2. The Kier molecular flexibility index (Phi) is 3.62. The predicted molar refractivity (Wildman–Crippen MR) is 82.4 cm³/mol. The van der Waals surface area contributed by atoms with E-state index in [0.717, 1.165) is 12.1 Å². The lowest BCUT2D eigenvalue weighted by atomic mass is 10.2. The summed E-state index contributed by atoms with van der Waals surface area (Å²) in [4.78, 5) is 21.8. The number of amides is 1. The van der Waals surface area contributed by atoms with E-state index in [2.05, 4.69) is 15.3 Å².